The maximum absolute atomic E-state index is 13.2. The summed E-state index contributed by atoms with van der Waals surface area (Å²) in [4.78, 5) is 13.7. The van der Waals surface area contributed by atoms with Gasteiger partial charge in [0.25, 0.3) is 15.9 Å². The van der Waals surface area contributed by atoms with Gasteiger partial charge in [-0.2, -0.15) is 0 Å². The maximum atomic E-state index is 13.2. The van der Waals surface area contributed by atoms with Gasteiger partial charge >= 0.3 is 0 Å². The van der Waals surface area contributed by atoms with E-state index in [-0.39, 0.29) is 4.90 Å². The second kappa shape index (κ2) is 10.8. The summed E-state index contributed by atoms with van der Waals surface area (Å²) in [7, 11) is -3.81. The van der Waals surface area contributed by atoms with Crippen LogP contribution < -0.4 is 5.48 Å². The molecule has 0 radical (unpaired) electrons. The van der Waals surface area contributed by atoms with Crippen molar-refractivity contribution >= 4 is 22.0 Å². The molecule has 1 amide bonds. The second-order valence-electron chi connectivity index (χ2n) is 8.02. The van der Waals surface area contributed by atoms with Crippen LogP contribution in [0.2, 0.25) is 0 Å². The van der Waals surface area contributed by atoms with E-state index in [0.717, 1.165) is 60.4 Å². The lowest BCUT2D eigenvalue weighted by molar-refractivity contribution is -0.124. The lowest BCUT2D eigenvalue weighted by Crippen LogP contribution is -2.37. The van der Waals surface area contributed by atoms with Gasteiger partial charge in [0.2, 0.25) is 0 Å². The maximum Gasteiger partial charge on any atom is 0.267 e. The summed E-state index contributed by atoms with van der Waals surface area (Å²) in [5.41, 5.74) is 4.98. The average Bonchev–Trinajstić information content (AvgIpc) is 3.37. The summed E-state index contributed by atoms with van der Waals surface area (Å²) in [5.74, 6) is -0.699. The first-order valence-corrected chi connectivity index (χ1v) is 12.4. The van der Waals surface area contributed by atoms with Crippen molar-refractivity contribution in [3.63, 3.8) is 0 Å². The molecule has 8 nitrogen and oxygen atoms in total. The molecule has 1 aliphatic heterocycles. The normalized spacial score (nSPS) is 15.0. The number of hydrogen-bond acceptors (Lipinski definition) is 6. The van der Waals surface area contributed by atoms with E-state index in [1.165, 1.54) is 29.5 Å². The summed E-state index contributed by atoms with van der Waals surface area (Å²) in [6, 6.07) is 16.6. The molecule has 2 aromatic carbocycles. The lowest BCUT2D eigenvalue weighted by Gasteiger charge is -2.26. The highest BCUT2D eigenvalue weighted by molar-refractivity contribution is 7.90. The fraction of sp³-hybridized carbons (Fsp3) is 0.240. The summed E-state index contributed by atoms with van der Waals surface area (Å²) >= 11 is 0. The summed E-state index contributed by atoms with van der Waals surface area (Å²) < 4.78 is 32.9. The quantitative estimate of drug-likeness (QED) is 0.292. The molecule has 1 aromatic heterocycles. The predicted octanol–water partition coefficient (Wildman–Crippen LogP) is 2.79. The van der Waals surface area contributed by atoms with Gasteiger partial charge in [0.15, 0.2) is 0 Å². The number of amides is 1. The SMILES string of the molecule is O=C(C=Cc1ccn(S(=O)(=O)c2cccc(-c3cccc(CCN4CCOCC4)c3)c2)c1)NO. The fourth-order valence-corrected chi connectivity index (χ4v) is 5.08. The number of morpholine rings is 1. The lowest BCUT2D eigenvalue weighted by atomic mass is 10.0. The number of rotatable bonds is 8. The first-order valence-electron chi connectivity index (χ1n) is 11.0. The van der Waals surface area contributed by atoms with Crippen molar-refractivity contribution in [2.24, 2.45) is 0 Å². The van der Waals surface area contributed by atoms with Gasteiger partial charge < -0.3 is 4.74 Å². The van der Waals surface area contributed by atoms with Crippen molar-refractivity contribution in [1.82, 2.24) is 14.4 Å². The Balaban J connectivity index is 1.52. The topological polar surface area (TPSA) is 101 Å². The predicted molar refractivity (Wildman–Crippen MR) is 129 cm³/mol. The molecule has 34 heavy (non-hydrogen) atoms. The summed E-state index contributed by atoms with van der Waals surface area (Å²) in [6.45, 7) is 4.42. The molecule has 1 saturated heterocycles. The minimum atomic E-state index is -3.81. The van der Waals surface area contributed by atoms with Gasteiger partial charge in [-0.1, -0.05) is 36.4 Å². The highest BCUT2D eigenvalue weighted by atomic mass is 32.2. The van der Waals surface area contributed by atoms with Crippen LogP contribution in [0.5, 0.6) is 0 Å². The molecule has 2 heterocycles. The van der Waals surface area contributed by atoms with Crippen LogP contribution >= 0.6 is 0 Å². The van der Waals surface area contributed by atoms with Gasteiger partial charge in [-0.05, 0) is 52.9 Å². The number of carbonyl (C=O) groups excluding carboxylic acids is 1. The number of benzene rings is 2. The number of hydroxylamine groups is 1. The third kappa shape index (κ3) is 5.81. The zero-order chi connectivity index (χ0) is 24.0. The number of carbonyl (C=O) groups is 1. The summed E-state index contributed by atoms with van der Waals surface area (Å²) in [6.07, 6.45) is 6.27. The van der Waals surface area contributed by atoms with E-state index in [9.17, 15) is 13.2 Å². The van der Waals surface area contributed by atoms with Crippen molar-refractivity contribution in [1.29, 1.82) is 0 Å². The van der Waals surface area contributed by atoms with Crippen molar-refractivity contribution < 1.29 is 23.2 Å². The van der Waals surface area contributed by atoms with E-state index in [1.807, 2.05) is 18.2 Å². The van der Waals surface area contributed by atoms with Gasteiger partial charge in [0.1, 0.15) is 0 Å². The zero-order valence-electron chi connectivity index (χ0n) is 18.6. The third-order valence-corrected chi connectivity index (χ3v) is 7.35. The van der Waals surface area contributed by atoms with Crippen LogP contribution in [0.3, 0.4) is 0 Å². The van der Waals surface area contributed by atoms with Crippen molar-refractivity contribution in [2.45, 2.75) is 11.3 Å². The molecule has 0 unspecified atom stereocenters. The molecule has 0 saturated carbocycles. The Kier molecular flexibility index (Phi) is 7.59. The van der Waals surface area contributed by atoms with Gasteiger partial charge in [-0.25, -0.2) is 17.9 Å². The van der Waals surface area contributed by atoms with E-state index in [1.54, 1.807) is 24.3 Å². The van der Waals surface area contributed by atoms with Gasteiger partial charge in [-0.3, -0.25) is 14.9 Å². The molecule has 1 fully saturated rings. The Labute approximate surface area is 199 Å². The number of nitrogens with one attached hydrogen (secondary N) is 1. The van der Waals surface area contributed by atoms with Crippen LogP contribution in [0.15, 0.2) is 78.0 Å². The molecule has 0 atom stereocenters. The molecule has 0 spiro atoms. The number of nitrogens with zero attached hydrogens (tertiary/aromatic N) is 2. The van der Waals surface area contributed by atoms with E-state index >= 15 is 0 Å². The minimum absolute atomic E-state index is 0.169. The number of aromatic nitrogens is 1. The van der Waals surface area contributed by atoms with Gasteiger partial charge in [0.05, 0.1) is 18.1 Å². The molecular formula is C25H27N3O5S. The van der Waals surface area contributed by atoms with Crippen molar-refractivity contribution in [3.8, 4) is 11.1 Å². The zero-order valence-corrected chi connectivity index (χ0v) is 19.4. The average molecular weight is 482 g/mol. The Bertz CT molecular complexity index is 1280. The van der Waals surface area contributed by atoms with E-state index in [4.69, 9.17) is 9.94 Å². The molecule has 0 aliphatic carbocycles. The van der Waals surface area contributed by atoms with E-state index in [0.29, 0.717) is 5.56 Å². The molecule has 3 aromatic rings. The molecule has 2 N–H and O–H groups in total. The largest absolute Gasteiger partial charge is 0.379 e. The first-order chi connectivity index (χ1) is 16.5. The molecule has 0 bridgehead atoms. The Morgan fingerprint density at radius 3 is 2.56 bits per heavy atom. The Morgan fingerprint density at radius 2 is 1.79 bits per heavy atom. The number of ether oxygens (including phenoxy) is 1. The third-order valence-electron chi connectivity index (χ3n) is 5.72. The van der Waals surface area contributed by atoms with Crippen LogP contribution in [0.4, 0.5) is 0 Å². The monoisotopic (exact) mass is 481 g/mol. The van der Waals surface area contributed by atoms with Crippen LogP contribution in [-0.2, 0) is 26.0 Å². The molecule has 1 aliphatic rings. The van der Waals surface area contributed by atoms with Crippen LogP contribution in [0.25, 0.3) is 17.2 Å². The van der Waals surface area contributed by atoms with E-state index in [2.05, 4.69) is 17.0 Å². The highest BCUT2D eigenvalue weighted by Gasteiger charge is 2.17. The molecular weight excluding hydrogens is 454 g/mol. The highest BCUT2D eigenvalue weighted by Crippen LogP contribution is 2.25. The first kappa shape index (κ1) is 23.9. The van der Waals surface area contributed by atoms with Gasteiger partial charge in [0, 0.05) is 38.1 Å². The second-order valence-corrected chi connectivity index (χ2v) is 9.86. The minimum Gasteiger partial charge on any atom is -0.379 e. The Morgan fingerprint density at radius 1 is 1.06 bits per heavy atom. The summed E-state index contributed by atoms with van der Waals surface area (Å²) in [5, 5.41) is 8.56. The molecule has 9 heteroatoms. The van der Waals surface area contributed by atoms with Crippen LogP contribution in [0, 0.1) is 0 Å². The molecule has 178 valence electrons. The fourth-order valence-electron chi connectivity index (χ4n) is 3.83. The number of hydrogen-bond donors (Lipinski definition) is 2. The van der Waals surface area contributed by atoms with E-state index < -0.39 is 15.9 Å². The molecule has 4 rings (SSSR count). The standard InChI is InChI=1S/C25H27N3O5S/c29-25(26-30)8-7-21-10-12-28(19-21)34(31,32)24-6-2-5-23(18-24)22-4-1-3-20(17-22)9-11-27-13-15-33-16-14-27/h1-8,10,12,17-19,30H,9,11,13-16H2,(H,26,29). The smallest absolute Gasteiger partial charge is 0.267 e. The van der Waals surface area contributed by atoms with Crippen LogP contribution in [-0.4, -0.2) is 61.3 Å². The van der Waals surface area contributed by atoms with Crippen LogP contribution in [0.1, 0.15) is 11.1 Å². The van der Waals surface area contributed by atoms with Crippen molar-refractivity contribution in [2.75, 3.05) is 32.8 Å². The van der Waals surface area contributed by atoms with Crippen molar-refractivity contribution in [3.05, 3.63) is 84.2 Å². The Hall–Kier alpha value is -3.24. The van der Waals surface area contributed by atoms with Gasteiger partial charge in [-0.15, -0.1) is 0 Å².